The van der Waals surface area contributed by atoms with Crippen LogP contribution in [0.3, 0.4) is 0 Å². The van der Waals surface area contributed by atoms with E-state index in [1.807, 2.05) is 43.3 Å². The monoisotopic (exact) mass is 296 g/mol. The highest BCUT2D eigenvalue weighted by molar-refractivity contribution is 5.98. The molecule has 0 heterocycles. The van der Waals surface area contributed by atoms with Gasteiger partial charge in [0.2, 0.25) is 0 Å². The van der Waals surface area contributed by atoms with Gasteiger partial charge in [-0.25, -0.2) is 0 Å². The minimum absolute atomic E-state index is 0.0890. The summed E-state index contributed by atoms with van der Waals surface area (Å²) in [5.41, 5.74) is 2.87. The molecule has 0 radical (unpaired) electrons. The van der Waals surface area contributed by atoms with Crippen LogP contribution in [0, 0.1) is 5.92 Å². The molecule has 0 aliphatic heterocycles. The lowest BCUT2D eigenvalue weighted by molar-refractivity contribution is 0.0922. The summed E-state index contributed by atoms with van der Waals surface area (Å²) in [6.07, 6.45) is 4.46. The van der Waals surface area contributed by atoms with Gasteiger partial charge >= 0.3 is 0 Å². The minimum Gasteiger partial charge on any atom is -0.508 e. The van der Waals surface area contributed by atoms with Crippen LogP contribution in [0.1, 0.15) is 49.9 Å². The van der Waals surface area contributed by atoms with Gasteiger partial charge in [-0.15, -0.1) is 0 Å². The van der Waals surface area contributed by atoms with Gasteiger partial charge in [0, 0.05) is 11.5 Å². The van der Waals surface area contributed by atoms with E-state index in [9.17, 15) is 9.90 Å². The largest absolute Gasteiger partial charge is 0.508 e. The zero-order chi connectivity index (χ0) is 15.9. The molecular formula is C20H24O2. The van der Waals surface area contributed by atoms with Crippen LogP contribution in [0.4, 0.5) is 0 Å². The number of hydrogen-bond acceptors (Lipinski definition) is 2. The van der Waals surface area contributed by atoms with Crippen molar-refractivity contribution < 1.29 is 9.90 Å². The molecule has 0 saturated carbocycles. The SMILES string of the molecule is CCCCC[C@H](C)C(=O)c1ccc(-c2ccc(O)cc2)cc1. The Bertz CT molecular complexity index is 597. The van der Waals surface area contributed by atoms with Crippen molar-refractivity contribution in [2.24, 2.45) is 5.92 Å². The van der Waals surface area contributed by atoms with Gasteiger partial charge in [-0.2, -0.15) is 0 Å². The van der Waals surface area contributed by atoms with Crippen molar-refractivity contribution in [2.75, 3.05) is 0 Å². The fourth-order valence-electron chi connectivity index (χ4n) is 2.60. The van der Waals surface area contributed by atoms with Crippen LogP contribution >= 0.6 is 0 Å². The Balaban J connectivity index is 2.04. The summed E-state index contributed by atoms with van der Waals surface area (Å²) in [5, 5.41) is 9.33. The molecule has 2 rings (SSSR count). The lowest BCUT2D eigenvalue weighted by Gasteiger charge is -2.11. The van der Waals surface area contributed by atoms with Crippen molar-refractivity contribution in [3.05, 3.63) is 54.1 Å². The molecule has 0 bridgehead atoms. The summed E-state index contributed by atoms with van der Waals surface area (Å²) in [4.78, 5) is 12.4. The van der Waals surface area contributed by atoms with E-state index in [0.717, 1.165) is 29.5 Å². The highest BCUT2D eigenvalue weighted by atomic mass is 16.3. The summed E-state index contributed by atoms with van der Waals surface area (Å²) in [5.74, 6) is 0.580. The molecule has 0 spiro atoms. The van der Waals surface area contributed by atoms with Gasteiger partial charge in [0.05, 0.1) is 0 Å². The third-order valence-corrected chi connectivity index (χ3v) is 4.06. The number of Topliss-reactive ketones (excluding diaryl/α,β-unsaturated/α-hetero) is 1. The summed E-state index contributed by atoms with van der Waals surface area (Å²) < 4.78 is 0. The van der Waals surface area contributed by atoms with Crippen LogP contribution < -0.4 is 0 Å². The average Bonchev–Trinajstić information content (AvgIpc) is 2.55. The van der Waals surface area contributed by atoms with E-state index in [4.69, 9.17) is 0 Å². The number of carbonyl (C=O) groups excluding carboxylic acids is 1. The number of phenolic OH excluding ortho intramolecular Hbond substituents is 1. The van der Waals surface area contributed by atoms with Crippen molar-refractivity contribution in [2.45, 2.75) is 39.5 Å². The smallest absolute Gasteiger partial charge is 0.165 e. The van der Waals surface area contributed by atoms with Crippen LogP contribution in [0.25, 0.3) is 11.1 Å². The summed E-state index contributed by atoms with van der Waals surface area (Å²) in [6, 6.07) is 14.8. The second-order valence-electron chi connectivity index (χ2n) is 5.89. The molecule has 0 aliphatic carbocycles. The molecule has 0 aromatic heterocycles. The molecule has 2 nitrogen and oxygen atoms in total. The maximum Gasteiger partial charge on any atom is 0.165 e. The molecule has 2 aromatic carbocycles. The molecule has 0 saturated heterocycles. The van der Waals surface area contributed by atoms with Crippen LogP contribution in [0.5, 0.6) is 5.75 Å². The number of ketones is 1. The molecule has 1 atom stereocenters. The van der Waals surface area contributed by atoms with Gasteiger partial charge in [-0.05, 0) is 29.7 Å². The fraction of sp³-hybridized carbons (Fsp3) is 0.350. The number of hydrogen-bond donors (Lipinski definition) is 1. The standard InChI is InChI=1S/C20H24O2/c1-3-4-5-6-15(2)20(22)18-9-7-16(8-10-18)17-11-13-19(21)14-12-17/h7-15,21H,3-6H2,1-2H3/t15-/m0/s1. The molecule has 22 heavy (non-hydrogen) atoms. The van der Waals surface area contributed by atoms with E-state index in [-0.39, 0.29) is 17.5 Å². The van der Waals surface area contributed by atoms with Gasteiger partial charge < -0.3 is 5.11 Å². The van der Waals surface area contributed by atoms with Gasteiger partial charge in [0.25, 0.3) is 0 Å². The first-order valence-corrected chi connectivity index (χ1v) is 8.05. The van der Waals surface area contributed by atoms with Crippen LogP contribution in [0.2, 0.25) is 0 Å². The van der Waals surface area contributed by atoms with Gasteiger partial charge in [0.15, 0.2) is 5.78 Å². The van der Waals surface area contributed by atoms with Gasteiger partial charge in [-0.3, -0.25) is 4.79 Å². The molecule has 116 valence electrons. The Labute approximate surface area is 132 Å². The molecule has 1 N–H and O–H groups in total. The Morgan fingerprint density at radius 1 is 0.955 bits per heavy atom. The predicted octanol–water partition coefficient (Wildman–Crippen LogP) is 5.46. The molecule has 0 aliphatic rings. The van der Waals surface area contributed by atoms with E-state index < -0.39 is 0 Å². The Morgan fingerprint density at radius 2 is 1.50 bits per heavy atom. The van der Waals surface area contributed by atoms with Crippen LogP contribution in [-0.4, -0.2) is 10.9 Å². The Morgan fingerprint density at radius 3 is 2.05 bits per heavy atom. The number of unbranched alkanes of at least 4 members (excludes halogenated alkanes) is 2. The van der Waals surface area contributed by atoms with Gasteiger partial charge in [0.1, 0.15) is 5.75 Å². The number of carbonyl (C=O) groups is 1. The van der Waals surface area contributed by atoms with Crippen LogP contribution in [0.15, 0.2) is 48.5 Å². The minimum atomic E-state index is 0.0890. The third-order valence-electron chi connectivity index (χ3n) is 4.06. The summed E-state index contributed by atoms with van der Waals surface area (Å²) in [7, 11) is 0. The number of phenols is 1. The fourth-order valence-corrected chi connectivity index (χ4v) is 2.60. The molecule has 0 fully saturated rings. The van der Waals surface area contributed by atoms with Crippen LogP contribution in [-0.2, 0) is 0 Å². The van der Waals surface area contributed by atoms with Crippen molar-refractivity contribution in [3.63, 3.8) is 0 Å². The normalized spacial score (nSPS) is 12.1. The summed E-state index contributed by atoms with van der Waals surface area (Å²) >= 11 is 0. The molecule has 0 amide bonds. The summed E-state index contributed by atoms with van der Waals surface area (Å²) in [6.45, 7) is 4.19. The molecular weight excluding hydrogens is 272 g/mol. The van der Waals surface area contributed by atoms with E-state index >= 15 is 0 Å². The maximum absolute atomic E-state index is 12.4. The first-order chi connectivity index (χ1) is 10.6. The second-order valence-corrected chi connectivity index (χ2v) is 5.89. The lowest BCUT2D eigenvalue weighted by Crippen LogP contribution is -2.11. The number of benzene rings is 2. The predicted molar refractivity (Wildman–Crippen MR) is 91.2 cm³/mol. The number of aromatic hydroxyl groups is 1. The van der Waals surface area contributed by atoms with E-state index in [0.29, 0.717) is 0 Å². The lowest BCUT2D eigenvalue weighted by atomic mass is 9.93. The Hall–Kier alpha value is -2.09. The first-order valence-electron chi connectivity index (χ1n) is 8.05. The van der Waals surface area contributed by atoms with Crippen molar-refractivity contribution in [1.29, 1.82) is 0 Å². The molecule has 0 unspecified atom stereocenters. The first kappa shape index (κ1) is 16.3. The average molecular weight is 296 g/mol. The molecule has 2 heteroatoms. The highest BCUT2D eigenvalue weighted by Gasteiger charge is 2.14. The molecule has 2 aromatic rings. The third kappa shape index (κ3) is 4.20. The maximum atomic E-state index is 12.4. The zero-order valence-corrected chi connectivity index (χ0v) is 13.4. The van der Waals surface area contributed by atoms with Gasteiger partial charge in [-0.1, -0.05) is 69.5 Å². The van der Waals surface area contributed by atoms with E-state index in [1.54, 1.807) is 12.1 Å². The van der Waals surface area contributed by atoms with Crippen molar-refractivity contribution in [3.8, 4) is 16.9 Å². The van der Waals surface area contributed by atoms with Crippen molar-refractivity contribution >= 4 is 5.78 Å². The second kappa shape index (κ2) is 7.79. The van der Waals surface area contributed by atoms with E-state index in [2.05, 4.69) is 6.92 Å². The highest BCUT2D eigenvalue weighted by Crippen LogP contribution is 2.23. The zero-order valence-electron chi connectivity index (χ0n) is 13.4. The van der Waals surface area contributed by atoms with E-state index in [1.165, 1.54) is 12.8 Å². The topological polar surface area (TPSA) is 37.3 Å². The van der Waals surface area contributed by atoms with Crippen molar-refractivity contribution in [1.82, 2.24) is 0 Å². The Kier molecular flexibility index (Phi) is 5.76. The quantitative estimate of drug-likeness (QED) is 0.544. The number of rotatable bonds is 7.